The fourth-order valence-electron chi connectivity index (χ4n) is 3.02. The zero-order valence-electron chi connectivity index (χ0n) is 14.3. The van der Waals surface area contributed by atoms with Crippen molar-refractivity contribution in [3.63, 3.8) is 0 Å². The van der Waals surface area contributed by atoms with Crippen molar-refractivity contribution >= 4 is 5.96 Å². The minimum Gasteiger partial charge on any atom is -0.434 e. The Bertz CT molecular complexity index is 539. The second-order valence-electron chi connectivity index (χ2n) is 5.72. The molecule has 5 nitrogen and oxygen atoms in total. The molecule has 0 aromatic heterocycles. The maximum Gasteiger partial charge on any atom is 0.387 e. The largest absolute Gasteiger partial charge is 0.434 e. The molecule has 0 amide bonds. The molecule has 0 radical (unpaired) electrons. The first-order valence-electron chi connectivity index (χ1n) is 8.35. The summed E-state index contributed by atoms with van der Waals surface area (Å²) in [6.07, 6.45) is 2.41. The van der Waals surface area contributed by atoms with Gasteiger partial charge in [-0.15, -0.1) is 0 Å². The van der Waals surface area contributed by atoms with Crippen molar-refractivity contribution in [1.29, 1.82) is 0 Å². The summed E-state index contributed by atoms with van der Waals surface area (Å²) in [5.41, 5.74) is 0.664. The molecule has 1 heterocycles. The number of benzene rings is 1. The Balaban J connectivity index is 1.86. The number of para-hydroxylation sites is 1. The minimum absolute atomic E-state index is 0.184. The van der Waals surface area contributed by atoms with Gasteiger partial charge in [0.05, 0.1) is 0 Å². The third-order valence-electron chi connectivity index (χ3n) is 4.27. The molecule has 1 aliphatic heterocycles. The quantitative estimate of drug-likeness (QED) is 0.591. The van der Waals surface area contributed by atoms with Gasteiger partial charge in [-0.1, -0.05) is 25.1 Å². The molecule has 1 aromatic carbocycles. The third kappa shape index (κ3) is 5.33. The van der Waals surface area contributed by atoms with Crippen LogP contribution in [0.25, 0.3) is 0 Å². The Morgan fingerprint density at radius 3 is 2.88 bits per heavy atom. The van der Waals surface area contributed by atoms with Gasteiger partial charge in [-0.05, 0) is 32.0 Å². The van der Waals surface area contributed by atoms with Gasteiger partial charge in [0.2, 0.25) is 0 Å². The van der Waals surface area contributed by atoms with E-state index in [1.807, 2.05) is 0 Å². The average molecular weight is 340 g/mol. The lowest BCUT2D eigenvalue weighted by Crippen LogP contribution is -2.44. The van der Waals surface area contributed by atoms with Gasteiger partial charge in [-0.25, -0.2) is 0 Å². The summed E-state index contributed by atoms with van der Waals surface area (Å²) in [4.78, 5) is 6.64. The molecule has 2 N–H and O–H groups in total. The van der Waals surface area contributed by atoms with E-state index in [-0.39, 0.29) is 5.75 Å². The molecule has 134 valence electrons. The molecule has 0 saturated carbocycles. The van der Waals surface area contributed by atoms with Gasteiger partial charge in [-0.3, -0.25) is 9.89 Å². The van der Waals surface area contributed by atoms with Gasteiger partial charge in [0.15, 0.2) is 5.96 Å². The van der Waals surface area contributed by atoms with E-state index in [4.69, 9.17) is 0 Å². The first-order valence-corrected chi connectivity index (χ1v) is 8.35. The summed E-state index contributed by atoms with van der Waals surface area (Å²) in [6, 6.07) is 7.28. The summed E-state index contributed by atoms with van der Waals surface area (Å²) >= 11 is 0. The lowest BCUT2D eigenvalue weighted by molar-refractivity contribution is -0.0504. The van der Waals surface area contributed by atoms with Crippen LogP contribution in [-0.4, -0.2) is 50.2 Å². The van der Waals surface area contributed by atoms with E-state index >= 15 is 0 Å². The van der Waals surface area contributed by atoms with Crippen LogP contribution in [0.3, 0.4) is 0 Å². The van der Waals surface area contributed by atoms with Gasteiger partial charge in [0.1, 0.15) is 5.75 Å². The Kier molecular flexibility index (Phi) is 7.24. The number of nitrogens with zero attached hydrogens (tertiary/aromatic N) is 2. The van der Waals surface area contributed by atoms with E-state index in [0.29, 0.717) is 24.1 Å². The maximum absolute atomic E-state index is 12.4. The molecule has 0 spiro atoms. The van der Waals surface area contributed by atoms with Gasteiger partial charge >= 0.3 is 6.61 Å². The molecule has 2 rings (SSSR count). The molecule has 7 heteroatoms. The van der Waals surface area contributed by atoms with Crippen molar-refractivity contribution in [1.82, 2.24) is 15.5 Å². The van der Waals surface area contributed by atoms with Crippen molar-refractivity contribution in [2.75, 3.05) is 26.7 Å². The smallest absolute Gasteiger partial charge is 0.387 e. The van der Waals surface area contributed by atoms with E-state index < -0.39 is 6.61 Å². The molecular weight excluding hydrogens is 314 g/mol. The normalized spacial score (nSPS) is 18.9. The van der Waals surface area contributed by atoms with Crippen molar-refractivity contribution in [3.05, 3.63) is 29.8 Å². The van der Waals surface area contributed by atoms with Crippen LogP contribution in [0.15, 0.2) is 29.3 Å². The number of aliphatic imine (C=N–C) groups is 1. The molecule has 1 fully saturated rings. The fourth-order valence-corrected chi connectivity index (χ4v) is 3.02. The number of likely N-dealkylation sites (tertiary alicyclic amines) is 1. The molecular formula is C17H26F2N4O. The highest BCUT2D eigenvalue weighted by Crippen LogP contribution is 2.20. The summed E-state index contributed by atoms with van der Waals surface area (Å²) in [7, 11) is 1.70. The summed E-state index contributed by atoms with van der Waals surface area (Å²) < 4.78 is 29.4. The van der Waals surface area contributed by atoms with E-state index in [2.05, 4.69) is 32.2 Å². The summed E-state index contributed by atoms with van der Waals surface area (Å²) in [5, 5.41) is 6.47. The van der Waals surface area contributed by atoms with E-state index in [1.165, 1.54) is 18.9 Å². The highest BCUT2D eigenvalue weighted by Gasteiger charge is 2.22. The number of hydrogen-bond donors (Lipinski definition) is 2. The zero-order chi connectivity index (χ0) is 17.4. The second-order valence-corrected chi connectivity index (χ2v) is 5.72. The number of ether oxygens (including phenoxy) is 1. The maximum atomic E-state index is 12.4. The molecule has 1 saturated heterocycles. The van der Waals surface area contributed by atoms with E-state index in [0.717, 1.165) is 19.6 Å². The van der Waals surface area contributed by atoms with Crippen LogP contribution < -0.4 is 15.4 Å². The fraction of sp³-hybridized carbons (Fsp3) is 0.588. The van der Waals surface area contributed by atoms with Gasteiger partial charge in [0.25, 0.3) is 0 Å². The van der Waals surface area contributed by atoms with Gasteiger partial charge in [0, 0.05) is 31.7 Å². The second kappa shape index (κ2) is 9.42. The third-order valence-corrected chi connectivity index (χ3v) is 4.27. The van der Waals surface area contributed by atoms with Crippen LogP contribution >= 0.6 is 0 Å². The Hall–Kier alpha value is -1.89. The highest BCUT2D eigenvalue weighted by atomic mass is 19.3. The summed E-state index contributed by atoms with van der Waals surface area (Å²) in [5.74, 6) is 0.841. The van der Waals surface area contributed by atoms with Crippen LogP contribution in [0.2, 0.25) is 0 Å². The lowest BCUT2D eigenvalue weighted by Gasteiger charge is -2.24. The number of hydrogen-bond acceptors (Lipinski definition) is 3. The number of likely N-dealkylation sites (N-methyl/N-ethyl adjacent to an activating group) is 1. The molecule has 0 bridgehead atoms. The van der Waals surface area contributed by atoms with Gasteiger partial charge in [-0.2, -0.15) is 8.78 Å². The zero-order valence-corrected chi connectivity index (χ0v) is 14.3. The van der Waals surface area contributed by atoms with Crippen LogP contribution in [0.4, 0.5) is 8.78 Å². The number of guanidine groups is 1. The predicted octanol–water partition coefficient (Wildman–Crippen LogP) is 2.44. The Morgan fingerprint density at radius 1 is 1.38 bits per heavy atom. The van der Waals surface area contributed by atoms with Crippen molar-refractivity contribution in [2.45, 2.75) is 39.0 Å². The minimum atomic E-state index is -2.83. The molecule has 1 aliphatic rings. The first kappa shape index (κ1) is 18.4. The molecule has 1 unspecified atom stereocenters. The van der Waals surface area contributed by atoms with Crippen molar-refractivity contribution in [3.8, 4) is 5.75 Å². The SMILES string of the molecule is CCN1CCCC1CNC(=NC)NCc1ccccc1OC(F)F. The standard InChI is InChI=1S/C17H26F2N4O/c1-3-23-10-6-8-14(23)12-22-17(20-2)21-11-13-7-4-5-9-15(13)24-16(18)19/h4-5,7,9,14,16H,3,6,8,10-12H2,1-2H3,(H2,20,21,22). The van der Waals surface area contributed by atoms with Crippen LogP contribution in [0.1, 0.15) is 25.3 Å². The monoisotopic (exact) mass is 340 g/mol. The van der Waals surface area contributed by atoms with Crippen molar-refractivity contribution < 1.29 is 13.5 Å². The van der Waals surface area contributed by atoms with E-state index in [1.54, 1.807) is 25.2 Å². The van der Waals surface area contributed by atoms with Crippen molar-refractivity contribution in [2.24, 2.45) is 4.99 Å². The number of halogens is 2. The highest BCUT2D eigenvalue weighted by molar-refractivity contribution is 5.79. The number of rotatable bonds is 7. The van der Waals surface area contributed by atoms with E-state index in [9.17, 15) is 8.78 Å². The number of alkyl halides is 2. The molecule has 1 atom stereocenters. The lowest BCUT2D eigenvalue weighted by atomic mass is 10.2. The van der Waals surface area contributed by atoms with Crippen LogP contribution in [0.5, 0.6) is 5.75 Å². The molecule has 24 heavy (non-hydrogen) atoms. The molecule has 0 aliphatic carbocycles. The predicted molar refractivity (Wildman–Crippen MR) is 91.5 cm³/mol. The van der Waals surface area contributed by atoms with Gasteiger partial charge < -0.3 is 15.4 Å². The number of nitrogens with one attached hydrogen (secondary N) is 2. The van der Waals surface area contributed by atoms with Crippen LogP contribution in [0, 0.1) is 0 Å². The van der Waals surface area contributed by atoms with Crippen LogP contribution in [-0.2, 0) is 6.54 Å². The molecule has 1 aromatic rings. The Labute approximate surface area is 142 Å². The first-order chi connectivity index (χ1) is 11.6. The topological polar surface area (TPSA) is 48.9 Å². The Morgan fingerprint density at radius 2 is 2.17 bits per heavy atom. The summed E-state index contributed by atoms with van der Waals surface area (Å²) in [6.45, 7) is 2.73. The average Bonchev–Trinajstić information content (AvgIpc) is 3.03.